The van der Waals surface area contributed by atoms with E-state index in [0.29, 0.717) is 5.56 Å². The Balaban J connectivity index is 2.11. The summed E-state index contributed by atoms with van der Waals surface area (Å²) in [6, 6.07) is 9.55. The first-order chi connectivity index (χ1) is 9.06. The highest BCUT2D eigenvalue weighted by Crippen LogP contribution is 2.18. The molecule has 0 aliphatic carbocycles. The van der Waals surface area contributed by atoms with Crippen molar-refractivity contribution >= 4 is 37.8 Å². The summed E-state index contributed by atoms with van der Waals surface area (Å²) < 4.78 is 1.78. The molecular weight excluding hydrogens is 372 g/mol. The first kappa shape index (κ1) is 14.2. The fourth-order valence-electron chi connectivity index (χ4n) is 1.68. The molecule has 1 heterocycles. The third-order valence-corrected chi connectivity index (χ3v) is 3.59. The SMILES string of the molecule is CC(NC(=O)c1cncc(Br)c1)c1cccc(Br)c1. The Morgan fingerprint density at radius 1 is 1.21 bits per heavy atom. The molecule has 1 atom stereocenters. The minimum atomic E-state index is -0.138. The summed E-state index contributed by atoms with van der Waals surface area (Å²) in [6.45, 7) is 1.95. The molecule has 1 aromatic carbocycles. The van der Waals surface area contributed by atoms with Gasteiger partial charge in [0.05, 0.1) is 11.6 Å². The number of rotatable bonds is 3. The van der Waals surface area contributed by atoms with Gasteiger partial charge in [-0.15, -0.1) is 0 Å². The van der Waals surface area contributed by atoms with E-state index in [4.69, 9.17) is 0 Å². The lowest BCUT2D eigenvalue weighted by Gasteiger charge is -2.14. The smallest absolute Gasteiger partial charge is 0.253 e. The lowest BCUT2D eigenvalue weighted by atomic mass is 10.1. The molecule has 0 saturated carbocycles. The Hall–Kier alpha value is -1.20. The number of pyridine rings is 1. The van der Waals surface area contributed by atoms with Crippen molar-refractivity contribution in [2.75, 3.05) is 0 Å². The summed E-state index contributed by atoms with van der Waals surface area (Å²) in [4.78, 5) is 16.1. The van der Waals surface area contributed by atoms with Crippen LogP contribution in [0.3, 0.4) is 0 Å². The molecular formula is C14H12Br2N2O. The second-order valence-electron chi connectivity index (χ2n) is 4.14. The van der Waals surface area contributed by atoms with Crippen LogP contribution in [0.4, 0.5) is 0 Å². The van der Waals surface area contributed by atoms with Crippen LogP contribution in [-0.2, 0) is 0 Å². The first-order valence-corrected chi connectivity index (χ1v) is 7.32. The van der Waals surface area contributed by atoms with Crippen LogP contribution in [0.25, 0.3) is 0 Å². The van der Waals surface area contributed by atoms with Crippen molar-refractivity contribution in [2.45, 2.75) is 13.0 Å². The third kappa shape index (κ3) is 3.88. The Morgan fingerprint density at radius 3 is 2.68 bits per heavy atom. The molecule has 0 radical (unpaired) electrons. The van der Waals surface area contributed by atoms with Gasteiger partial charge in [-0.2, -0.15) is 0 Å². The maximum absolute atomic E-state index is 12.1. The largest absolute Gasteiger partial charge is 0.345 e. The van der Waals surface area contributed by atoms with E-state index in [-0.39, 0.29) is 11.9 Å². The topological polar surface area (TPSA) is 42.0 Å². The molecule has 0 bridgehead atoms. The predicted octanol–water partition coefficient (Wildman–Crippen LogP) is 4.10. The van der Waals surface area contributed by atoms with E-state index in [0.717, 1.165) is 14.5 Å². The number of nitrogens with one attached hydrogen (secondary N) is 1. The molecule has 0 fully saturated rings. The molecule has 1 N–H and O–H groups in total. The van der Waals surface area contributed by atoms with Crippen LogP contribution >= 0.6 is 31.9 Å². The van der Waals surface area contributed by atoms with Crippen LogP contribution in [-0.4, -0.2) is 10.9 Å². The Labute approximate surface area is 128 Å². The molecule has 1 amide bonds. The number of nitrogens with zero attached hydrogens (tertiary/aromatic N) is 1. The molecule has 0 saturated heterocycles. The Morgan fingerprint density at radius 2 is 2.00 bits per heavy atom. The van der Waals surface area contributed by atoms with Gasteiger partial charge in [0, 0.05) is 21.3 Å². The van der Waals surface area contributed by atoms with Crippen LogP contribution < -0.4 is 5.32 Å². The lowest BCUT2D eigenvalue weighted by Crippen LogP contribution is -2.26. The van der Waals surface area contributed by atoms with Gasteiger partial charge in [0.1, 0.15) is 0 Å². The number of carbonyl (C=O) groups is 1. The molecule has 0 aliphatic rings. The Bertz CT molecular complexity index is 602. The highest BCUT2D eigenvalue weighted by atomic mass is 79.9. The van der Waals surface area contributed by atoms with Crippen LogP contribution in [0.15, 0.2) is 51.7 Å². The van der Waals surface area contributed by atoms with Gasteiger partial charge in [0.25, 0.3) is 5.91 Å². The highest BCUT2D eigenvalue weighted by molar-refractivity contribution is 9.10. The predicted molar refractivity (Wildman–Crippen MR) is 82.0 cm³/mol. The van der Waals surface area contributed by atoms with Gasteiger partial charge in [-0.1, -0.05) is 28.1 Å². The summed E-state index contributed by atoms with van der Waals surface area (Å²) in [5.41, 5.74) is 1.59. The maximum Gasteiger partial charge on any atom is 0.253 e. The molecule has 0 spiro atoms. The van der Waals surface area contributed by atoms with E-state index in [1.807, 2.05) is 31.2 Å². The second kappa shape index (κ2) is 6.30. The van der Waals surface area contributed by atoms with Gasteiger partial charge < -0.3 is 5.32 Å². The van der Waals surface area contributed by atoms with Crippen LogP contribution in [0.2, 0.25) is 0 Å². The standard InChI is InChI=1S/C14H12Br2N2O/c1-9(10-3-2-4-12(15)5-10)18-14(19)11-6-13(16)8-17-7-11/h2-9H,1H3,(H,18,19). The van der Waals surface area contributed by atoms with E-state index < -0.39 is 0 Å². The zero-order valence-corrected chi connectivity index (χ0v) is 13.4. The number of amides is 1. The number of aromatic nitrogens is 1. The zero-order valence-electron chi connectivity index (χ0n) is 10.2. The van der Waals surface area contributed by atoms with Crippen molar-refractivity contribution in [2.24, 2.45) is 0 Å². The van der Waals surface area contributed by atoms with Gasteiger partial charge in [-0.05, 0) is 46.6 Å². The molecule has 1 unspecified atom stereocenters. The highest BCUT2D eigenvalue weighted by Gasteiger charge is 2.12. The number of hydrogen-bond donors (Lipinski definition) is 1. The van der Waals surface area contributed by atoms with E-state index in [2.05, 4.69) is 42.2 Å². The van der Waals surface area contributed by atoms with Crippen molar-refractivity contribution < 1.29 is 4.79 Å². The number of benzene rings is 1. The molecule has 2 aromatic rings. The number of halogens is 2. The van der Waals surface area contributed by atoms with Crippen LogP contribution in [0.5, 0.6) is 0 Å². The molecule has 2 rings (SSSR count). The monoisotopic (exact) mass is 382 g/mol. The van der Waals surface area contributed by atoms with Crippen LogP contribution in [0, 0.1) is 0 Å². The Kier molecular flexibility index (Phi) is 4.71. The van der Waals surface area contributed by atoms with Crippen molar-refractivity contribution in [3.8, 4) is 0 Å². The van der Waals surface area contributed by atoms with Crippen molar-refractivity contribution in [3.63, 3.8) is 0 Å². The summed E-state index contributed by atoms with van der Waals surface area (Å²) in [5.74, 6) is -0.138. The average molecular weight is 384 g/mol. The zero-order chi connectivity index (χ0) is 13.8. The van der Waals surface area contributed by atoms with E-state index in [1.165, 1.54) is 0 Å². The molecule has 19 heavy (non-hydrogen) atoms. The molecule has 98 valence electrons. The minimum absolute atomic E-state index is 0.0658. The third-order valence-electron chi connectivity index (χ3n) is 2.66. The minimum Gasteiger partial charge on any atom is -0.345 e. The molecule has 1 aromatic heterocycles. The second-order valence-corrected chi connectivity index (χ2v) is 5.97. The number of hydrogen-bond acceptors (Lipinski definition) is 2. The first-order valence-electron chi connectivity index (χ1n) is 5.73. The van der Waals surface area contributed by atoms with Crippen molar-refractivity contribution in [1.29, 1.82) is 0 Å². The van der Waals surface area contributed by atoms with Gasteiger partial charge in [0.2, 0.25) is 0 Å². The molecule has 5 heteroatoms. The summed E-state index contributed by atoms with van der Waals surface area (Å²) in [7, 11) is 0. The van der Waals surface area contributed by atoms with E-state index in [1.54, 1.807) is 18.5 Å². The fourth-order valence-corrected chi connectivity index (χ4v) is 2.46. The summed E-state index contributed by atoms with van der Waals surface area (Å²) in [5, 5.41) is 2.95. The molecule has 0 aliphatic heterocycles. The molecule has 3 nitrogen and oxygen atoms in total. The maximum atomic E-state index is 12.1. The lowest BCUT2D eigenvalue weighted by molar-refractivity contribution is 0.0939. The quantitative estimate of drug-likeness (QED) is 0.866. The van der Waals surface area contributed by atoms with Crippen molar-refractivity contribution in [3.05, 3.63) is 62.8 Å². The van der Waals surface area contributed by atoms with Gasteiger partial charge in [-0.3, -0.25) is 9.78 Å². The normalized spacial score (nSPS) is 11.9. The van der Waals surface area contributed by atoms with Gasteiger partial charge in [0.15, 0.2) is 0 Å². The van der Waals surface area contributed by atoms with Gasteiger partial charge in [-0.25, -0.2) is 0 Å². The fraction of sp³-hybridized carbons (Fsp3) is 0.143. The summed E-state index contributed by atoms with van der Waals surface area (Å²) >= 11 is 6.72. The van der Waals surface area contributed by atoms with Gasteiger partial charge >= 0.3 is 0 Å². The van der Waals surface area contributed by atoms with E-state index >= 15 is 0 Å². The summed E-state index contributed by atoms with van der Waals surface area (Å²) in [6.07, 6.45) is 3.20. The van der Waals surface area contributed by atoms with E-state index in [9.17, 15) is 4.79 Å². The average Bonchev–Trinajstić information content (AvgIpc) is 2.38. The van der Waals surface area contributed by atoms with Crippen molar-refractivity contribution in [1.82, 2.24) is 10.3 Å². The number of carbonyl (C=O) groups excluding carboxylic acids is 1. The van der Waals surface area contributed by atoms with Crippen LogP contribution in [0.1, 0.15) is 28.9 Å².